The van der Waals surface area contributed by atoms with Gasteiger partial charge in [0.15, 0.2) is 0 Å². The van der Waals surface area contributed by atoms with Crippen LogP contribution in [0.4, 0.5) is 0 Å². The molecule has 0 aromatic heterocycles. The van der Waals surface area contributed by atoms with E-state index in [1.165, 1.54) is 6.04 Å². The third kappa shape index (κ3) is 3.95. The lowest BCUT2D eigenvalue weighted by atomic mass is 10.5. The normalized spacial score (nSPS) is 16.5. The van der Waals surface area contributed by atoms with E-state index in [4.69, 9.17) is 23.2 Å². The molecule has 1 atom stereocenters. The van der Waals surface area contributed by atoms with E-state index < -0.39 is 0 Å². The van der Waals surface area contributed by atoms with Gasteiger partial charge in [0.2, 0.25) is 0 Å². The molecule has 0 fully saturated rings. The fourth-order valence-corrected chi connectivity index (χ4v) is 4.23. The molecule has 0 spiro atoms. The second kappa shape index (κ2) is 4.85. The Morgan fingerprint density at radius 1 is 1.62 bits per heavy atom. The van der Waals surface area contributed by atoms with Crippen molar-refractivity contribution in [2.75, 3.05) is 0 Å². The summed E-state index contributed by atoms with van der Waals surface area (Å²) in [6.07, 6.45) is 0. The summed E-state index contributed by atoms with van der Waals surface area (Å²) < 4.78 is 0. The van der Waals surface area contributed by atoms with Gasteiger partial charge in [0.05, 0.1) is 0 Å². The standard InChI is InChI=1S/C4H12Cl2Si2/c1-8-2-3(7)4(5)6/h3-4H,2,8H2,1,7H3. The van der Waals surface area contributed by atoms with Gasteiger partial charge in [-0.25, -0.2) is 0 Å². The molecule has 0 bridgehead atoms. The van der Waals surface area contributed by atoms with Crippen LogP contribution in [0.1, 0.15) is 0 Å². The summed E-state index contributed by atoms with van der Waals surface area (Å²) in [5.41, 5.74) is 0.648. The lowest BCUT2D eigenvalue weighted by molar-refractivity contribution is 1.02. The monoisotopic (exact) mass is 186 g/mol. The fraction of sp³-hybridized carbons (Fsp3) is 1.00. The van der Waals surface area contributed by atoms with E-state index in [0.717, 1.165) is 10.2 Å². The van der Waals surface area contributed by atoms with Crippen molar-refractivity contribution >= 4 is 43.0 Å². The number of halogens is 2. The first-order chi connectivity index (χ1) is 3.68. The molecule has 0 aliphatic carbocycles. The Bertz CT molecular complexity index is 58.0. The zero-order valence-electron chi connectivity index (χ0n) is 5.32. The molecule has 0 saturated heterocycles. The summed E-state index contributed by atoms with van der Waals surface area (Å²) in [5, 5.41) is 0. The minimum absolute atomic E-state index is 0.0888. The van der Waals surface area contributed by atoms with Crippen LogP contribution in [0.3, 0.4) is 0 Å². The van der Waals surface area contributed by atoms with Gasteiger partial charge in [-0.05, 0) is 5.54 Å². The Balaban J connectivity index is 3.17. The van der Waals surface area contributed by atoms with Crippen LogP contribution in [0, 0.1) is 0 Å². The van der Waals surface area contributed by atoms with E-state index in [2.05, 4.69) is 6.55 Å². The van der Waals surface area contributed by atoms with Crippen LogP contribution in [-0.2, 0) is 0 Å². The van der Waals surface area contributed by atoms with E-state index in [1.807, 2.05) is 0 Å². The van der Waals surface area contributed by atoms with Crippen molar-refractivity contribution in [2.24, 2.45) is 0 Å². The molecule has 0 radical (unpaired) electrons. The molecule has 0 rings (SSSR count). The van der Waals surface area contributed by atoms with Gasteiger partial charge >= 0.3 is 0 Å². The molecule has 1 unspecified atom stereocenters. The summed E-state index contributed by atoms with van der Waals surface area (Å²) in [4.78, 5) is -0.0888. The number of hydrogen-bond donors (Lipinski definition) is 0. The zero-order chi connectivity index (χ0) is 6.57. The van der Waals surface area contributed by atoms with Crippen LogP contribution in [-0.4, -0.2) is 24.6 Å². The maximum Gasteiger partial charge on any atom is 0.107 e. The Labute approximate surface area is 66.2 Å². The van der Waals surface area contributed by atoms with Crippen molar-refractivity contribution in [2.45, 2.75) is 23.0 Å². The van der Waals surface area contributed by atoms with Gasteiger partial charge in [-0.1, -0.05) is 12.6 Å². The lowest BCUT2D eigenvalue weighted by Crippen LogP contribution is -2.02. The van der Waals surface area contributed by atoms with Gasteiger partial charge in [-0.2, -0.15) is 0 Å². The van der Waals surface area contributed by atoms with Crippen LogP contribution in [0.5, 0.6) is 0 Å². The van der Waals surface area contributed by atoms with E-state index in [0.29, 0.717) is 5.54 Å². The second-order valence-electron chi connectivity index (χ2n) is 2.10. The second-order valence-corrected chi connectivity index (χ2v) is 6.32. The van der Waals surface area contributed by atoms with Crippen LogP contribution in [0.15, 0.2) is 0 Å². The molecule has 4 heteroatoms. The first-order valence-corrected chi connectivity index (χ1v) is 7.40. The third-order valence-electron chi connectivity index (χ3n) is 1.17. The van der Waals surface area contributed by atoms with Crippen molar-refractivity contribution in [3.8, 4) is 0 Å². The van der Waals surface area contributed by atoms with Gasteiger partial charge in [-0.15, -0.1) is 23.2 Å². The zero-order valence-corrected chi connectivity index (χ0v) is 10.3. The number of rotatable bonds is 3. The first-order valence-electron chi connectivity index (χ1n) is 2.96. The predicted octanol–water partition coefficient (Wildman–Crippen LogP) is 0.579. The van der Waals surface area contributed by atoms with Crippen molar-refractivity contribution in [1.29, 1.82) is 0 Å². The predicted molar refractivity (Wildman–Crippen MR) is 48.4 cm³/mol. The summed E-state index contributed by atoms with van der Waals surface area (Å²) in [6, 6.07) is 1.32. The molecule has 0 saturated carbocycles. The van der Waals surface area contributed by atoms with Gasteiger partial charge in [0, 0.05) is 19.8 Å². The Hall–Kier alpha value is 1.01. The average molecular weight is 187 g/mol. The van der Waals surface area contributed by atoms with Gasteiger partial charge in [0.1, 0.15) is 4.84 Å². The third-order valence-corrected chi connectivity index (χ3v) is 6.77. The highest BCUT2D eigenvalue weighted by Crippen LogP contribution is 2.20. The number of hydrogen-bond acceptors (Lipinski definition) is 0. The summed E-state index contributed by atoms with van der Waals surface area (Å²) in [5.74, 6) is 0. The van der Waals surface area contributed by atoms with E-state index in [-0.39, 0.29) is 14.4 Å². The van der Waals surface area contributed by atoms with Crippen molar-refractivity contribution in [3.63, 3.8) is 0 Å². The van der Waals surface area contributed by atoms with Crippen LogP contribution >= 0.6 is 23.2 Å². The minimum atomic E-state index is -0.0888. The van der Waals surface area contributed by atoms with E-state index >= 15 is 0 Å². The quantitative estimate of drug-likeness (QED) is 0.448. The molecule has 0 nitrogen and oxygen atoms in total. The van der Waals surface area contributed by atoms with Gasteiger partial charge < -0.3 is 0 Å². The Morgan fingerprint density at radius 3 is 2.25 bits per heavy atom. The van der Waals surface area contributed by atoms with Crippen molar-refractivity contribution < 1.29 is 0 Å². The minimum Gasteiger partial charge on any atom is -0.105 e. The first kappa shape index (κ1) is 9.01. The highest BCUT2D eigenvalue weighted by molar-refractivity contribution is 6.48. The molecular weight excluding hydrogens is 175 g/mol. The molecule has 0 aliphatic heterocycles. The fourth-order valence-electron chi connectivity index (χ4n) is 0.581. The SMILES string of the molecule is C[SiH2]CC([SiH3])C(Cl)Cl. The van der Waals surface area contributed by atoms with Crippen LogP contribution in [0.25, 0.3) is 0 Å². The Morgan fingerprint density at radius 2 is 2.12 bits per heavy atom. The molecule has 8 heavy (non-hydrogen) atoms. The van der Waals surface area contributed by atoms with E-state index in [9.17, 15) is 0 Å². The molecule has 0 heterocycles. The Kier molecular flexibility index (Phi) is 5.47. The van der Waals surface area contributed by atoms with Crippen LogP contribution in [0.2, 0.25) is 18.1 Å². The largest absolute Gasteiger partial charge is 0.107 e. The maximum absolute atomic E-state index is 5.63. The molecule has 50 valence electrons. The van der Waals surface area contributed by atoms with Crippen LogP contribution < -0.4 is 0 Å². The summed E-state index contributed by atoms with van der Waals surface area (Å²) >= 11 is 11.3. The molecule has 0 N–H and O–H groups in total. The molecule has 0 aromatic rings. The maximum atomic E-state index is 5.63. The average Bonchev–Trinajstić information content (AvgIpc) is 1.67. The molecular formula is C4H12Cl2Si2. The number of alkyl halides is 2. The molecule has 0 aromatic carbocycles. The van der Waals surface area contributed by atoms with Gasteiger partial charge in [-0.3, -0.25) is 0 Å². The lowest BCUT2D eigenvalue weighted by Gasteiger charge is -2.08. The highest BCUT2D eigenvalue weighted by Gasteiger charge is 2.08. The topological polar surface area (TPSA) is 0 Å². The summed E-state index contributed by atoms with van der Waals surface area (Å²) in [6.45, 7) is 2.29. The smallest absolute Gasteiger partial charge is 0.105 e. The highest BCUT2D eigenvalue weighted by atomic mass is 35.5. The van der Waals surface area contributed by atoms with Crippen molar-refractivity contribution in [3.05, 3.63) is 0 Å². The van der Waals surface area contributed by atoms with Gasteiger partial charge in [0.25, 0.3) is 0 Å². The molecule has 0 amide bonds. The summed E-state index contributed by atoms with van der Waals surface area (Å²) in [7, 11) is 1.34. The molecule has 0 aliphatic rings. The van der Waals surface area contributed by atoms with Crippen molar-refractivity contribution in [1.82, 2.24) is 0 Å². The van der Waals surface area contributed by atoms with E-state index in [1.54, 1.807) is 0 Å².